The molecular formula is C19H24ClNO8. The van der Waals surface area contributed by atoms with E-state index >= 15 is 0 Å². The minimum absolute atomic E-state index is 0.258. The molecule has 0 amide bonds. The van der Waals surface area contributed by atoms with Crippen molar-refractivity contribution in [1.82, 2.24) is 0 Å². The molecule has 0 fully saturated rings. The van der Waals surface area contributed by atoms with Crippen molar-refractivity contribution in [2.24, 2.45) is 5.92 Å². The summed E-state index contributed by atoms with van der Waals surface area (Å²) >= 11 is 0. The van der Waals surface area contributed by atoms with E-state index < -0.39 is 28.1 Å². The first-order valence-corrected chi connectivity index (χ1v) is 10.2. The molecule has 10 heteroatoms. The molecule has 0 spiro atoms. The molecule has 0 saturated heterocycles. The molecule has 2 rings (SSSR count). The number of carbonyl (C=O) groups is 2. The SMILES string of the molecule is CCOC(=O)C(CCC[n+]1ccc2ccccc2c1)C(=O)OCC.[O-][Cl+3]([O-])([O-])[O-]. The minimum Gasteiger partial charge on any atom is -0.465 e. The highest BCUT2D eigenvalue weighted by Gasteiger charge is 2.29. The molecule has 29 heavy (non-hydrogen) atoms. The first-order valence-electron chi connectivity index (χ1n) is 8.98. The fourth-order valence-electron chi connectivity index (χ4n) is 2.61. The smallest absolute Gasteiger partial charge is 0.320 e. The second-order valence-electron chi connectivity index (χ2n) is 5.89. The number of ether oxygens (including phenoxy) is 2. The van der Waals surface area contributed by atoms with E-state index in [1.807, 2.05) is 18.3 Å². The van der Waals surface area contributed by atoms with Gasteiger partial charge >= 0.3 is 11.9 Å². The molecule has 0 aliphatic rings. The molecule has 0 atom stereocenters. The first-order chi connectivity index (χ1) is 13.7. The first kappa shape index (κ1) is 24.7. The molecule has 0 aliphatic heterocycles. The topological polar surface area (TPSA) is 149 Å². The summed E-state index contributed by atoms with van der Waals surface area (Å²) in [6, 6.07) is 10.2. The summed E-state index contributed by atoms with van der Waals surface area (Å²) in [6.45, 7) is 4.69. The summed E-state index contributed by atoms with van der Waals surface area (Å²) in [5.74, 6) is -1.84. The van der Waals surface area contributed by atoms with Gasteiger partial charge in [-0.25, -0.2) is 23.2 Å². The van der Waals surface area contributed by atoms with E-state index in [9.17, 15) is 9.59 Å². The van der Waals surface area contributed by atoms with Gasteiger partial charge in [0.05, 0.1) is 13.2 Å². The highest BCUT2D eigenvalue weighted by atomic mass is 35.7. The predicted molar refractivity (Wildman–Crippen MR) is 90.1 cm³/mol. The number of rotatable bonds is 8. The average Bonchev–Trinajstić information content (AvgIpc) is 2.64. The second-order valence-corrected chi connectivity index (χ2v) is 6.64. The van der Waals surface area contributed by atoms with E-state index in [0.717, 1.165) is 11.9 Å². The lowest BCUT2D eigenvalue weighted by atomic mass is 10.0. The van der Waals surface area contributed by atoms with Crippen LogP contribution in [0.5, 0.6) is 0 Å². The number of aryl methyl sites for hydroxylation is 1. The van der Waals surface area contributed by atoms with Gasteiger partial charge in [-0.05, 0) is 31.7 Å². The number of esters is 2. The summed E-state index contributed by atoms with van der Waals surface area (Å²) in [7, 11) is -4.94. The number of fused-ring (bicyclic) bond motifs is 1. The van der Waals surface area contributed by atoms with Crippen LogP contribution in [-0.4, -0.2) is 25.2 Å². The van der Waals surface area contributed by atoms with E-state index in [1.54, 1.807) is 13.8 Å². The van der Waals surface area contributed by atoms with Crippen LogP contribution in [0.25, 0.3) is 10.8 Å². The van der Waals surface area contributed by atoms with Gasteiger partial charge in [-0.3, -0.25) is 9.59 Å². The number of halogens is 1. The van der Waals surface area contributed by atoms with Crippen molar-refractivity contribution in [2.75, 3.05) is 13.2 Å². The normalized spacial score (nSPS) is 11.0. The zero-order valence-corrected chi connectivity index (χ0v) is 17.0. The molecule has 9 nitrogen and oxygen atoms in total. The Morgan fingerprint density at radius 2 is 1.48 bits per heavy atom. The van der Waals surface area contributed by atoms with E-state index in [-0.39, 0.29) is 13.2 Å². The van der Waals surface area contributed by atoms with Crippen LogP contribution in [0.4, 0.5) is 0 Å². The van der Waals surface area contributed by atoms with Gasteiger partial charge in [-0.1, -0.05) is 18.2 Å². The molecule has 0 aliphatic carbocycles. The number of carbonyl (C=O) groups excluding carboxylic acids is 2. The van der Waals surface area contributed by atoms with Crippen molar-refractivity contribution in [3.63, 3.8) is 0 Å². The Morgan fingerprint density at radius 1 is 0.966 bits per heavy atom. The van der Waals surface area contributed by atoms with Gasteiger partial charge in [-0.15, -0.1) is 10.2 Å². The largest absolute Gasteiger partial charge is 0.465 e. The zero-order chi connectivity index (χ0) is 21.9. The zero-order valence-electron chi connectivity index (χ0n) is 16.2. The Bertz CT molecular complexity index is 769. The highest BCUT2D eigenvalue weighted by Crippen LogP contribution is 2.13. The lowest BCUT2D eigenvalue weighted by Crippen LogP contribution is -2.68. The van der Waals surface area contributed by atoms with Crippen molar-refractivity contribution in [3.05, 3.63) is 42.7 Å². The lowest BCUT2D eigenvalue weighted by Gasteiger charge is -2.17. The van der Waals surface area contributed by atoms with Gasteiger partial charge in [0.15, 0.2) is 18.3 Å². The Balaban J connectivity index is 0.000000749. The van der Waals surface area contributed by atoms with Crippen LogP contribution in [0.2, 0.25) is 0 Å². The maximum Gasteiger partial charge on any atom is 0.320 e. The Hall–Kier alpha value is -2.30. The molecule has 1 heterocycles. The van der Waals surface area contributed by atoms with Crippen molar-refractivity contribution in [1.29, 1.82) is 0 Å². The summed E-state index contributed by atoms with van der Waals surface area (Å²) in [5, 5.41) is 2.34. The maximum atomic E-state index is 11.9. The number of nitrogens with zero attached hydrogens (tertiary/aromatic N) is 1. The van der Waals surface area contributed by atoms with Crippen LogP contribution in [0.15, 0.2) is 42.7 Å². The van der Waals surface area contributed by atoms with Gasteiger partial charge in [0.25, 0.3) is 0 Å². The third-order valence-corrected chi connectivity index (χ3v) is 3.80. The molecule has 0 bridgehead atoms. The van der Waals surface area contributed by atoms with Crippen LogP contribution in [0, 0.1) is 16.2 Å². The number of hydrogen-bond donors (Lipinski definition) is 0. The van der Waals surface area contributed by atoms with Crippen molar-refractivity contribution in [3.8, 4) is 0 Å². The molecule has 0 unspecified atom stereocenters. The second kappa shape index (κ2) is 12.3. The van der Waals surface area contributed by atoms with E-state index in [1.165, 1.54) is 5.39 Å². The van der Waals surface area contributed by atoms with Crippen molar-refractivity contribution < 1.29 is 52.5 Å². The fraction of sp³-hybridized carbons (Fsp3) is 0.421. The van der Waals surface area contributed by atoms with Crippen LogP contribution >= 0.6 is 0 Å². The molecule has 0 N–H and O–H groups in total. The third kappa shape index (κ3) is 10.2. The summed E-state index contributed by atoms with van der Waals surface area (Å²) < 4.78 is 46.0. The Kier molecular flexibility index (Phi) is 10.5. The van der Waals surface area contributed by atoms with Gasteiger partial charge in [0, 0.05) is 17.9 Å². The summed E-state index contributed by atoms with van der Waals surface area (Å²) in [5.41, 5.74) is 0. The average molecular weight is 430 g/mol. The van der Waals surface area contributed by atoms with Crippen LogP contribution in [0.3, 0.4) is 0 Å². The maximum absolute atomic E-state index is 11.9. The van der Waals surface area contributed by atoms with Crippen LogP contribution < -0.4 is 23.2 Å². The van der Waals surface area contributed by atoms with Gasteiger partial charge in [-0.2, -0.15) is 0 Å². The predicted octanol–water partition coefficient (Wildman–Crippen LogP) is -2.11. The fourth-order valence-corrected chi connectivity index (χ4v) is 2.61. The van der Waals surface area contributed by atoms with Crippen molar-refractivity contribution in [2.45, 2.75) is 33.2 Å². The molecular weight excluding hydrogens is 406 g/mol. The summed E-state index contributed by atoms with van der Waals surface area (Å²) in [4.78, 5) is 23.9. The number of pyridine rings is 1. The number of aromatic nitrogens is 1. The lowest BCUT2D eigenvalue weighted by molar-refractivity contribution is -2.00. The molecule has 2 aromatic rings. The third-order valence-electron chi connectivity index (χ3n) is 3.80. The monoisotopic (exact) mass is 429 g/mol. The van der Waals surface area contributed by atoms with Crippen LogP contribution in [0.1, 0.15) is 26.7 Å². The van der Waals surface area contributed by atoms with E-state index in [2.05, 4.69) is 29.0 Å². The van der Waals surface area contributed by atoms with E-state index in [0.29, 0.717) is 12.8 Å². The van der Waals surface area contributed by atoms with Gasteiger partial charge < -0.3 is 9.47 Å². The van der Waals surface area contributed by atoms with E-state index in [4.69, 9.17) is 28.1 Å². The Labute approximate surface area is 170 Å². The number of benzene rings is 1. The molecule has 0 saturated carbocycles. The Morgan fingerprint density at radius 3 is 2.00 bits per heavy atom. The van der Waals surface area contributed by atoms with Crippen molar-refractivity contribution >= 4 is 22.7 Å². The molecule has 0 radical (unpaired) electrons. The number of hydrogen-bond acceptors (Lipinski definition) is 8. The standard InChI is InChI=1S/C19H24NO4.ClHO4/c1-3-23-18(21)17(19(22)24-4-2)10-7-12-20-13-11-15-8-5-6-9-16(15)14-20;2-1(3,4)5/h5-6,8-9,11,13-14,17H,3-4,7,10,12H2,1-2H3;(H,2,3,4,5)/q+1;/p-1. The van der Waals surface area contributed by atoms with Crippen LogP contribution in [-0.2, 0) is 25.6 Å². The molecule has 1 aromatic heterocycles. The van der Waals surface area contributed by atoms with Gasteiger partial charge in [0.2, 0.25) is 0 Å². The quantitative estimate of drug-likeness (QED) is 0.263. The van der Waals surface area contributed by atoms with Gasteiger partial charge in [0.1, 0.15) is 6.54 Å². The molecule has 160 valence electrons. The molecule has 1 aromatic carbocycles. The highest BCUT2D eigenvalue weighted by molar-refractivity contribution is 5.94. The minimum atomic E-state index is -4.94. The summed E-state index contributed by atoms with van der Waals surface area (Å²) in [6.07, 6.45) is 5.17.